The van der Waals surface area contributed by atoms with Gasteiger partial charge in [0, 0.05) is 0 Å². The molecule has 0 fully saturated rings. The van der Waals surface area contributed by atoms with Crippen molar-refractivity contribution in [3.63, 3.8) is 0 Å². The van der Waals surface area contributed by atoms with E-state index in [1.54, 1.807) is 6.20 Å². The molecule has 3 N–H and O–H groups in total. The van der Waals surface area contributed by atoms with Crippen LogP contribution >= 0.6 is 0 Å². The number of hydrogen-bond acceptors (Lipinski definition) is 3. The molecule has 10 heavy (non-hydrogen) atoms. The van der Waals surface area contributed by atoms with Crippen molar-refractivity contribution < 1.29 is 10.2 Å². The Balaban J connectivity index is 2.55. The lowest BCUT2D eigenvalue weighted by Gasteiger charge is -1.89. The first kappa shape index (κ1) is 6.98. The number of H-pyrrole nitrogens is 1. The Hall–Kier alpha value is -1.13. The van der Waals surface area contributed by atoms with Crippen LogP contribution in [0.5, 0.6) is 0 Å². The summed E-state index contributed by atoms with van der Waals surface area (Å²) in [5, 5.41) is 16.8. The summed E-state index contributed by atoms with van der Waals surface area (Å²) in [5.41, 5.74) is 0.744. The SMILES string of the molecule is OC(O)/C=C/c1cnc[nH]1. The van der Waals surface area contributed by atoms with Gasteiger partial charge in [-0.2, -0.15) is 0 Å². The molecule has 0 aliphatic heterocycles. The maximum absolute atomic E-state index is 8.39. The average Bonchev–Trinajstić information content (AvgIpc) is 2.34. The number of imidazole rings is 1. The van der Waals surface area contributed by atoms with E-state index in [0.717, 1.165) is 5.69 Å². The van der Waals surface area contributed by atoms with Crippen molar-refractivity contribution in [3.8, 4) is 0 Å². The second-order valence-corrected chi connectivity index (χ2v) is 1.78. The van der Waals surface area contributed by atoms with Crippen LogP contribution < -0.4 is 0 Å². The number of aromatic amines is 1. The van der Waals surface area contributed by atoms with Gasteiger partial charge in [0.05, 0.1) is 18.2 Å². The molecule has 1 aromatic heterocycles. The topological polar surface area (TPSA) is 69.1 Å². The van der Waals surface area contributed by atoms with E-state index < -0.39 is 6.29 Å². The van der Waals surface area contributed by atoms with Gasteiger partial charge in [-0.05, 0) is 12.2 Å². The van der Waals surface area contributed by atoms with Crippen molar-refractivity contribution in [2.45, 2.75) is 6.29 Å². The van der Waals surface area contributed by atoms with Crippen molar-refractivity contribution >= 4 is 6.08 Å². The van der Waals surface area contributed by atoms with Gasteiger partial charge in [0.25, 0.3) is 0 Å². The fraction of sp³-hybridized carbons (Fsp3) is 0.167. The lowest BCUT2D eigenvalue weighted by Crippen LogP contribution is -1.96. The van der Waals surface area contributed by atoms with E-state index in [4.69, 9.17) is 10.2 Å². The molecule has 0 aliphatic rings. The molecule has 0 bridgehead atoms. The molecule has 0 spiro atoms. The van der Waals surface area contributed by atoms with Crippen molar-refractivity contribution in [1.82, 2.24) is 9.97 Å². The molecule has 0 radical (unpaired) electrons. The minimum absolute atomic E-state index is 0.744. The molecule has 1 heterocycles. The molecule has 1 aromatic rings. The smallest absolute Gasteiger partial charge is 0.171 e. The zero-order valence-corrected chi connectivity index (χ0v) is 5.23. The highest BCUT2D eigenvalue weighted by Crippen LogP contribution is 1.94. The molecule has 4 nitrogen and oxygen atoms in total. The Morgan fingerprint density at radius 2 is 2.40 bits per heavy atom. The molecule has 0 unspecified atom stereocenters. The lowest BCUT2D eigenvalue weighted by atomic mass is 10.4. The van der Waals surface area contributed by atoms with Crippen LogP contribution in [-0.4, -0.2) is 26.5 Å². The Morgan fingerprint density at radius 3 is 2.90 bits per heavy atom. The Bertz CT molecular complexity index is 204. The molecule has 0 saturated heterocycles. The maximum Gasteiger partial charge on any atom is 0.171 e. The molecular weight excluding hydrogens is 132 g/mol. The average molecular weight is 140 g/mol. The van der Waals surface area contributed by atoms with E-state index in [1.807, 2.05) is 0 Å². The van der Waals surface area contributed by atoms with E-state index >= 15 is 0 Å². The second kappa shape index (κ2) is 3.14. The van der Waals surface area contributed by atoms with Crippen LogP contribution in [0.15, 0.2) is 18.6 Å². The molecule has 4 heteroatoms. The highest BCUT2D eigenvalue weighted by Gasteiger charge is 1.88. The normalized spacial score (nSPS) is 11.5. The van der Waals surface area contributed by atoms with Gasteiger partial charge >= 0.3 is 0 Å². The van der Waals surface area contributed by atoms with Gasteiger partial charge in [0.2, 0.25) is 0 Å². The summed E-state index contributed by atoms with van der Waals surface area (Å²) >= 11 is 0. The van der Waals surface area contributed by atoms with E-state index in [0.29, 0.717) is 0 Å². The highest BCUT2D eigenvalue weighted by atomic mass is 16.5. The van der Waals surface area contributed by atoms with Crippen molar-refractivity contribution in [2.75, 3.05) is 0 Å². The molecule has 0 aliphatic carbocycles. The molecule has 0 saturated carbocycles. The van der Waals surface area contributed by atoms with Crippen LogP contribution in [0.4, 0.5) is 0 Å². The van der Waals surface area contributed by atoms with Gasteiger partial charge in [-0.15, -0.1) is 0 Å². The Kier molecular flexibility index (Phi) is 2.20. The molecule has 0 aromatic carbocycles. The van der Waals surface area contributed by atoms with Crippen LogP contribution in [0.1, 0.15) is 5.69 Å². The predicted molar refractivity (Wildman–Crippen MR) is 35.8 cm³/mol. The summed E-state index contributed by atoms with van der Waals surface area (Å²) in [7, 11) is 0. The molecule has 54 valence electrons. The third-order valence-corrected chi connectivity index (χ3v) is 0.967. The standard InChI is InChI=1S/C6H8N2O2/c9-6(10)2-1-5-3-7-4-8-5/h1-4,6,9-10H,(H,7,8)/b2-1+. The van der Waals surface area contributed by atoms with Crippen LogP contribution in [0.3, 0.4) is 0 Å². The molecule has 0 amide bonds. The zero-order valence-electron chi connectivity index (χ0n) is 5.23. The van der Waals surface area contributed by atoms with Gasteiger partial charge in [-0.1, -0.05) is 0 Å². The predicted octanol–water partition coefficient (Wildman–Crippen LogP) is -0.266. The van der Waals surface area contributed by atoms with Gasteiger partial charge in [-0.25, -0.2) is 4.98 Å². The number of hydrogen-bond donors (Lipinski definition) is 3. The van der Waals surface area contributed by atoms with E-state index in [-0.39, 0.29) is 0 Å². The van der Waals surface area contributed by atoms with Gasteiger partial charge in [0.1, 0.15) is 0 Å². The van der Waals surface area contributed by atoms with E-state index in [1.165, 1.54) is 18.5 Å². The third kappa shape index (κ3) is 2.00. The highest BCUT2D eigenvalue weighted by molar-refractivity contribution is 5.42. The van der Waals surface area contributed by atoms with Crippen LogP contribution in [0.25, 0.3) is 6.08 Å². The minimum atomic E-state index is -1.40. The van der Waals surface area contributed by atoms with Gasteiger partial charge in [0.15, 0.2) is 6.29 Å². The summed E-state index contributed by atoms with van der Waals surface area (Å²) in [6.45, 7) is 0. The summed E-state index contributed by atoms with van der Waals surface area (Å²) in [6.07, 6.45) is 4.48. The lowest BCUT2D eigenvalue weighted by molar-refractivity contribution is 0.00303. The number of aliphatic hydroxyl groups is 2. The monoisotopic (exact) mass is 140 g/mol. The van der Waals surface area contributed by atoms with Crippen LogP contribution in [0, 0.1) is 0 Å². The minimum Gasteiger partial charge on any atom is -0.365 e. The number of nitrogens with zero attached hydrogens (tertiary/aromatic N) is 1. The Morgan fingerprint density at radius 1 is 1.60 bits per heavy atom. The van der Waals surface area contributed by atoms with Crippen LogP contribution in [-0.2, 0) is 0 Å². The number of aromatic nitrogens is 2. The number of aliphatic hydroxyl groups excluding tert-OH is 1. The summed E-state index contributed by atoms with van der Waals surface area (Å²) in [6, 6.07) is 0. The fourth-order valence-corrected chi connectivity index (χ4v) is 0.548. The van der Waals surface area contributed by atoms with Gasteiger partial charge in [-0.3, -0.25) is 0 Å². The zero-order chi connectivity index (χ0) is 7.40. The van der Waals surface area contributed by atoms with Crippen molar-refractivity contribution in [2.24, 2.45) is 0 Å². The van der Waals surface area contributed by atoms with Crippen molar-refractivity contribution in [3.05, 3.63) is 24.3 Å². The number of nitrogens with one attached hydrogen (secondary N) is 1. The maximum atomic E-state index is 8.39. The molecule has 1 rings (SSSR count). The quantitative estimate of drug-likeness (QED) is 0.495. The largest absolute Gasteiger partial charge is 0.365 e. The van der Waals surface area contributed by atoms with Crippen molar-refractivity contribution in [1.29, 1.82) is 0 Å². The van der Waals surface area contributed by atoms with Crippen LogP contribution in [0.2, 0.25) is 0 Å². The third-order valence-electron chi connectivity index (χ3n) is 0.967. The van der Waals surface area contributed by atoms with E-state index in [2.05, 4.69) is 9.97 Å². The first-order valence-electron chi connectivity index (χ1n) is 2.82. The fourth-order valence-electron chi connectivity index (χ4n) is 0.548. The first-order chi connectivity index (χ1) is 4.79. The molecule has 0 atom stereocenters. The Labute approximate surface area is 57.9 Å². The number of rotatable bonds is 2. The molecular formula is C6H8N2O2. The first-order valence-corrected chi connectivity index (χ1v) is 2.82. The summed E-state index contributed by atoms with van der Waals surface area (Å²) in [5.74, 6) is 0. The van der Waals surface area contributed by atoms with E-state index in [9.17, 15) is 0 Å². The summed E-state index contributed by atoms with van der Waals surface area (Å²) < 4.78 is 0. The summed E-state index contributed by atoms with van der Waals surface area (Å²) in [4.78, 5) is 6.50. The second-order valence-electron chi connectivity index (χ2n) is 1.78. The van der Waals surface area contributed by atoms with Gasteiger partial charge < -0.3 is 15.2 Å².